The van der Waals surface area contributed by atoms with Crippen molar-refractivity contribution in [1.82, 2.24) is 10.2 Å². The Bertz CT molecular complexity index is 244. The topological polar surface area (TPSA) is 15.3 Å². The van der Waals surface area contributed by atoms with Gasteiger partial charge in [0.15, 0.2) is 0 Å². The Kier molecular flexibility index (Phi) is 4.63. The Morgan fingerprint density at radius 3 is 2.43 bits per heavy atom. The van der Waals surface area contributed by atoms with Gasteiger partial charge in [0.1, 0.15) is 0 Å². The predicted octanol–water partition coefficient (Wildman–Crippen LogP) is 1.73. The van der Waals surface area contributed by atoms with E-state index < -0.39 is 0 Å². The van der Waals surface area contributed by atoms with Crippen LogP contribution in [0.4, 0.5) is 0 Å². The third-order valence-electron chi connectivity index (χ3n) is 2.14. The molecule has 1 unspecified atom stereocenters. The van der Waals surface area contributed by atoms with Crippen molar-refractivity contribution in [3.05, 3.63) is 35.9 Å². The van der Waals surface area contributed by atoms with Gasteiger partial charge in [0.25, 0.3) is 0 Å². The SMILES string of the molecule is CC(CN(C)C)NCc1ccccc1. The summed E-state index contributed by atoms with van der Waals surface area (Å²) in [4.78, 5) is 2.20. The van der Waals surface area contributed by atoms with Crippen LogP contribution in [0.15, 0.2) is 30.3 Å². The summed E-state index contributed by atoms with van der Waals surface area (Å²) in [5.74, 6) is 0. The van der Waals surface area contributed by atoms with Crippen LogP contribution in [0.2, 0.25) is 0 Å². The fourth-order valence-corrected chi connectivity index (χ4v) is 1.50. The molecule has 1 rings (SSSR count). The lowest BCUT2D eigenvalue weighted by Crippen LogP contribution is -2.35. The minimum atomic E-state index is 0.533. The molecule has 0 aliphatic carbocycles. The van der Waals surface area contributed by atoms with Gasteiger partial charge >= 0.3 is 0 Å². The molecular formula is C12H20N2. The van der Waals surface area contributed by atoms with Crippen LogP contribution in [0.3, 0.4) is 0 Å². The summed E-state index contributed by atoms with van der Waals surface area (Å²) in [5, 5.41) is 3.49. The highest BCUT2D eigenvalue weighted by Crippen LogP contribution is 1.98. The van der Waals surface area contributed by atoms with E-state index in [2.05, 4.69) is 55.5 Å². The highest BCUT2D eigenvalue weighted by atomic mass is 15.1. The standard InChI is InChI=1S/C12H20N2/c1-11(10-14(2)3)13-9-12-7-5-4-6-8-12/h4-8,11,13H,9-10H2,1-3H3. The third-order valence-corrected chi connectivity index (χ3v) is 2.14. The highest BCUT2D eigenvalue weighted by Gasteiger charge is 2.01. The van der Waals surface area contributed by atoms with Crippen molar-refractivity contribution in [2.24, 2.45) is 0 Å². The molecule has 0 aliphatic heterocycles. The molecule has 1 aromatic carbocycles. The van der Waals surface area contributed by atoms with Crippen LogP contribution in [0.5, 0.6) is 0 Å². The summed E-state index contributed by atoms with van der Waals surface area (Å²) in [6.45, 7) is 4.24. The molecule has 0 aromatic heterocycles. The van der Waals surface area contributed by atoms with Gasteiger partial charge in [-0.15, -0.1) is 0 Å². The minimum Gasteiger partial charge on any atom is -0.309 e. The lowest BCUT2D eigenvalue weighted by molar-refractivity contribution is 0.349. The number of nitrogens with zero attached hydrogens (tertiary/aromatic N) is 1. The van der Waals surface area contributed by atoms with Gasteiger partial charge in [0.2, 0.25) is 0 Å². The zero-order valence-electron chi connectivity index (χ0n) is 9.33. The van der Waals surface area contributed by atoms with Crippen molar-refractivity contribution in [3.8, 4) is 0 Å². The van der Waals surface area contributed by atoms with E-state index in [1.807, 2.05) is 6.07 Å². The van der Waals surface area contributed by atoms with Gasteiger partial charge in [0.05, 0.1) is 0 Å². The molecule has 0 aliphatic rings. The molecule has 2 nitrogen and oxygen atoms in total. The van der Waals surface area contributed by atoms with Crippen molar-refractivity contribution >= 4 is 0 Å². The van der Waals surface area contributed by atoms with Crippen LogP contribution in [0.1, 0.15) is 12.5 Å². The van der Waals surface area contributed by atoms with Crippen LogP contribution in [-0.2, 0) is 6.54 Å². The number of likely N-dealkylation sites (N-methyl/N-ethyl adjacent to an activating group) is 1. The molecule has 2 heteroatoms. The second-order valence-corrected chi connectivity index (χ2v) is 4.03. The summed E-state index contributed by atoms with van der Waals surface area (Å²) >= 11 is 0. The minimum absolute atomic E-state index is 0.533. The number of nitrogens with one attached hydrogen (secondary N) is 1. The van der Waals surface area contributed by atoms with E-state index in [1.165, 1.54) is 5.56 Å². The number of benzene rings is 1. The van der Waals surface area contributed by atoms with E-state index in [4.69, 9.17) is 0 Å². The van der Waals surface area contributed by atoms with Gasteiger partial charge in [0, 0.05) is 19.1 Å². The van der Waals surface area contributed by atoms with Crippen LogP contribution in [-0.4, -0.2) is 31.6 Å². The first-order valence-electron chi connectivity index (χ1n) is 5.10. The maximum absolute atomic E-state index is 3.49. The quantitative estimate of drug-likeness (QED) is 0.764. The zero-order chi connectivity index (χ0) is 10.4. The third kappa shape index (κ3) is 4.40. The van der Waals surface area contributed by atoms with Gasteiger partial charge in [-0.1, -0.05) is 30.3 Å². The van der Waals surface area contributed by atoms with Crippen LogP contribution < -0.4 is 5.32 Å². The van der Waals surface area contributed by atoms with Gasteiger partial charge < -0.3 is 10.2 Å². The van der Waals surface area contributed by atoms with E-state index in [-0.39, 0.29) is 0 Å². The fraction of sp³-hybridized carbons (Fsp3) is 0.500. The summed E-state index contributed by atoms with van der Waals surface area (Å²) in [6, 6.07) is 11.0. The van der Waals surface area contributed by atoms with Crippen LogP contribution in [0.25, 0.3) is 0 Å². The van der Waals surface area contributed by atoms with Crippen molar-refractivity contribution in [2.75, 3.05) is 20.6 Å². The van der Waals surface area contributed by atoms with E-state index in [1.54, 1.807) is 0 Å². The first-order chi connectivity index (χ1) is 6.68. The molecule has 0 saturated heterocycles. The second kappa shape index (κ2) is 5.78. The molecular weight excluding hydrogens is 172 g/mol. The Labute approximate surface area is 86.9 Å². The van der Waals surface area contributed by atoms with E-state index >= 15 is 0 Å². The van der Waals surface area contributed by atoms with Crippen molar-refractivity contribution < 1.29 is 0 Å². The number of hydrogen-bond donors (Lipinski definition) is 1. The molecule has 0 fully saturated rings. The molecule has 1 atom stereocenters. The summed E-state index contributed by atoms with van der Waals surface area (Å²) in [7, 11) is 4.20. The molecule has 1 N–H and O–H groups in total. The Balaban J connectivity index is 2.27. The van der Waals surface area contributed by atoms with E-state index in [0.717, 1.165) is 13.1 Å². The van der Waals surface area contributed by atoms with Crippen molar-refractivity contribution in [3.63, 3.8) is 0 Å². The monoisotopic (exact) mass is 192 g/mol. The zero-order valence-corrected chi connectivity index (χ0v) is 9.33. The van der Waals surface area contributed by atoms with Crippen LogP contribution >= 0.6 is 0 Å². The molecule has 0 saturated carbocycles. The molecule has 0 radical (unpaired) electrons. The molecule has 78 valence electrons. The average Bonchev–Trinajstić information content (AvgIpc) is 2.15. The first-order valence-corrected chi connectivity index (χ1v) is 5.10. The number of rotatable bonds is 5. The molecule has 0 bridgehead atoms. The van der Waals surface area contributed by atoms with Gasteiger partial charge in [-0.3, -0.25) is 0 Å². The normalized spacial score (nSPS) is 13.1. The van der Waals surface area contributed by atoms with E-state index in [9.17, 15) is 0 Å². The molecule has 0 spiro atoms. The summed E-state index contributed by atoms with van der Waals surface area (Å²) in [5.41, 5.74) is 1.35. The fourth-order valence-electron chi connectivity index (χ4n) is 1.50. The lowest BCUT2D eigenvalue weighted by atomic mass is 10.2. The van der Waals surface area contributed by atoms with Crippen LogP contribution in [0, 0.1) is 0 Å². The Morgan fingerprint density at radius 2 is 1.86 bits per heavy atom. The lowest BCUT2D eigenvalue weighted by Gasteiger charge is -2.18. The summed E-state index contributed by atoms with van der Waals surface area (Å²) < 4.78 is 0. The molecule has 0 amide bonds. The maximum atomic E-state index is 3.49. The van der Waals surface area contributed by atoms with Crippen molar-refractivity contribution in [1.29, 1.82) is 0 Å². The smallest absolute Gasteiger partial charge is 0.0208 e. The second-order valence-electron chi connectivity index (χ2n) is 4.03. The molecule has 14 heavy (non-hydrogen) atoms. The average molecular weight is 192 g/mol. The molecule has 1 aromatic rings. The predicted molar refractivity (Wildman–Crippen MR) is 61.3 cm³/mol. The van der Waals surface area contributed by atoms with Crippen molar-refractivity contribution in [2.45, 2.75) is 19.5 Å². The Hall–Kier alpha value is -0.860. The number of hydrogen-bond acceptors (Lipinski definition) is 2. The maximum Gasteiger partial charge on any atom is 0.0208 e. The van der Waals surface area contributed by atoms with E-state index in [0.29, 0.717) is 6.04 Å². The summed E-state index contributed by atoms with van der Waals surface area (Å²) in [6.07, 6.45) is 0. The first kappa shape index (κ1) is 11.2. The highest BCUT2D eigenvalue weighted by molar-refractivity contribution is 5.14. The van der Waals surface area contributed by atoms with Gasteiger partial charge in [-0.05, 0) is 26.6 Å². The van der Waals surface area contributed by atoms with Gasteiger partial charge in [-0.25, -0.2) is 0 Å². The largest absolute Gasteiger partial charge is 0.309 e. The Morgan fingerprint density at radius 1 is 1.21 bits per heavy atom. The molecule has 0 heterocycles. The van der Waals surface area contributed by atoms with Gasteiger partial charge in [-0.2, -0.15) is 0 Å².